The van der Waals surface area contributed by atoms with Crippen LogP contribution in [0.3, 0.4) is 0 Å². The third-order valence-electron chi connectivity index (χ3n) is 3.91. The molecule has 0 aliphatic carbocycles. The van der Waals surface area contributed by atoms with Crippen LogP contribution in [0.5, 0.6) is 0 Å². The van der Waals surface area contributed by atoms with Gasteiger partial charge in [0.1, 0.15) is 6.04 Å². The van der Waals surface area contributed by atoms with Crippen LogP contribution in [0.4, 0.5) is 19.0 Å². The second kappa shape index (κ2) is 7.03. The van der Waals surface area contributed by atoms with Gasteiger partial charge in [-0.25, -0.2) is 0 Å². The van der Waals surface area contributed by atoms with Crippen molar-refractivity contribution in [3.8, 4) is 11.3 Å². The first-order chi connectivity index (χ1) is 12.7. The highest BCUT2D eigenvalue weighted by atomic mass is 35.5. The Labute approximate surface area is 156 Å². The van der Waals surface area contributed by atoms with Crippen molar-refractivity contribution in [3.05, 3.63) is 47.0 Å². The summed E-state index contributed by atoms with van der Waals surface area (Å²) in [6.45, 7) is 2.78. The van der Waals surface area contributed by atoms with E-state index in [4.69, 9.17) is 11.6 Å². The minimum atomic E-state index is -4.70. The molecule has 0 fully saturated rings. The Hall–Kier alpha value is -2.88. The molecule has 0 radical (unpaired) electrons. The van der Waals surface area contributed by atoms with Gasteiger partial charge in [-0.2, -0.15) is 23.4 Å². The smallest absolute Gasteiger partial charge is 0.307 e. The summed E-state index contributed by atoms with van der Waals surface area (Å²) in [6.07, 6.45) is -1.48. The molecular formula is C16H14ClF3N6O. The van der Waals surface area contributed by atoms with Crippen molar-refractivity contribution >= 4 is 23.3 Å². The summed E-state index contributed by atoms with van der Waals surface area (Å²) < 4.78 is 39.8. The topological polar surface area (TPSA) is 88.5 Å². The average Bonchev–Trinajstić information content (AvgIpc) is 3.20. The largest absolute Gasteiger partial charge is 0.436 e. The van der Waals surface area contributed by atoms with E-state index in [9.17, 15) is 18.0 Å². The Morgan fingerprint density at radius 2 is 2.00 bits per heavy atom. The number of aromatic nitrogens is 5. The molecule has 0 saturated heterocycles. The van der Waals surface area contributed by atoms with Crippen LogP contribution in [0.15, 0.2) is 30.6 Å². The van der Waals surface area contributed by atoms with Gasteiger partial charge >= 0.3 is 6.18 Å². The van der Waals surface area contributed by atoms with Gasteiger partial charge < -0.3 is 5.32 Å². The predicted octanol–water partition coefficient (Wildman–Crippen LogP) is 3.85. The van der Waals surface area contributed by atoms with Crippen molar-refractivity contribution in [1.29, 1.82) is 0 Å². The minimum Gasteiger partial charge on any atom is -0.307 e. The monoisotopic (exact) mass is 398 g/mol. The molecule has 2 N–H and O–H groups in total. The molecule has 3 aromatic rings. The molecule has 0 spiro atoms. The first-order valence-electron chi connectivity index (χ1n) is 7.77. The number of halogens is 4. The van der Waals surface area contributed by atoms with Crippen LogP contribution in [0.2, 0.25) is 5.02 Å². The van der Waals surface area contributed by atoms with Crippen molar-refractivity contribution in [2.75, 3.05) is 5.32 Å². The van der Waals surface area contributed by atoms with Gasteiger partial charge in [-0.15, -0.1) is 0 Å². The van der Waals surface area contributed by atoms with Gasteiger partial charge in [0.2, 0.25) is 5.91 Å². The second-order valence-corrected chi connectivity index (χ2v) is 6.14. The molecule has 1 unspecified atom stereocenters. The molecule has 142 valence electrons. The molecule has 1 atom stereocenters. The van der Waals surface area contributed by atoms with Crippen LogP contribution in [-0.2, 0) is 11.0 Å². The van der Waals surface area contributed by atoms with Crippen LogP contribution >= 0.6 is 11.6 Å². The summed E-state index contributed by atoms with van der Waals surface area (Å²) in [7, 11) is 0. The Morgan fingerprint density at radius 3 is 2.59 bits per heavy atom. The SMILES string of the molecule is Cc1c(Cl)c(C(F)(F)F)nn1C(C)C(=O)Nc1cc(-c2ccncc2)[nH]n1. The molecule has 3 rings (SSSR count). The van der Waals surface area contributed by atoms with Crippen LogP contribution in [0, 0.1) is 6.92 Å². The van der Waals surface area contributed by atoms with Crippen molar-refractivity contribution < 1.29 is 18.0 Å². The molecule has 0 aliphatic rings. The van der Waals surface area contributed by atoms with Crippen LogP contribution in [-0.4, -0.2) is 30.9 Å². The third kappa shape index (κ3) is 3.80. The van der Waals surface area contributed by atoms with Gasteiger partial charge in [0, 0.05) is 24.0 Å². The van der Waals surface area contributed by atoms with Gasteiger partial charge in [-0.1, -0.05) is 11.6 Å². The van der Waals surface area contributed by atoms with E-state index in [0.29, 0.717) is 5.69 Å². The van der Waals surface area contributed by atoms with Gasteiger partial charge in [-0.3, -0.25) is 19.6 Å². The predicted molar refractivity (Wildman–Crippen MR) is 92.1 cm³/mol. The van der Waals surface area contributed by atoms with E-state index in [1.165, 1.54) is 13.8 Å². The highest BCUT2D eigenvalue weighted by molar-refractivity contribution is 6.32. The zero-order chi connectivity index (χ0) is 19.8. The molecule has 3 heterocycles. The molecule has 3 aromatic heterocycles. The summed E-state index contributed by atoms with van der Waals surface area (Å²) in [5.74, 6) is -0.357. The maximum Gasteiger partial charge on any atom is 0.436 e. The third-order valence-corrected chi connectivity index (χ3v) is 4.36. The van der Waals surface area contributed by atoms with Gasteiger partial charge in [0.05, 0.1) is 16.4 Å². The lowest BCUT2D eigenvalue weighted by Crippen LogP contribution is -2.25. The van der Waals surface area contributed by atoms with Crippen molar-refractivity contribution in [3.63, 3.8) is 0 Å². The zero-order valence-electron chi connectivity index (χ0n) is 14.2. The summed E-state index contributed by atoms with van der Waals surface area (Å²) in [4.78, 5) is 16.3. The van der Waals surface area contributed by atoms with E-state index >= 15 is 0 Å². The molecule has 1 amide bonds. The van der Waals surface area contributed by atoms with Gasteiger partial charge in [-0.05, 0) is 26.0 Å². The summed E-state index contributed by atoms with van der Waals surface area (Å²) in [6, 6.07) is 4.09. The standard InChI is InChI=1S/C16H14ClF3N6O/c1-8-13(17)14(16(18,19)20)25-26(8)9(2)15(27)22-12-7-11(23-24-12)10-3-5-21-6-4-10/h3-7,9H,1-2H3,(H2,22,23,24,27). The number of hydrogen-bond donors (Lipinski definition) is 2. The van der Waals surface area contributed by atoms with Crippen LogP contribution in [0.25, 0.3) is 11.3 Å². The number of hydrogen-bond acceptors (Lipinski definition) is 4. The van der Waals surface area contributed by atoms with Crippen molar-refractivity contribution in [2.24, 2.45) is 0 Å². The van der Waals surface area contributed by atoms with E-state index < -0.39 is 28.8 Å². The van der Waals surface area contributed by atoms with E-state index in [1.54, 1.807) is 30.6 Å². The summed E-state index contributed by atoms with van der Waals surface area (Å²) >= 11 is 5.72. The number of anilines is 1. The number of rotatable bonds is 4. The normalized spacial score (nSPS) is 12.8. The number of H-pyrrole nitrogens is 1. The molecule has 0 aromatic carbocycles. The maximum absolute atomic E-state index is 12.9. The molecular weight excluding hydrogens is 385 g/mol. The number of carbonyl (C=O) groups is 1. The number of aromatic amines is 1. The average molecular weight is 399 g/mol. The molecule has 27 heavy (non-hydrogen) atoms. The highest BCUT2D eigenvalue weighted by Crippen LogP contribution is 2.36. The van der Waals surface area contributed by atoms with Gasteiger partial charge in [0.25, 0.3) is 0 Å². The summed E-state index contributed by atoms with van der Waals surface area (Å²) in [5, 5.41) is 12.2. The fourth-order valence-electron chi connectivity index (χ4n) is 2.46. The summed E-state index contributed by atoms with van der Waals surface area (Å²) in [5.41, 5.74) is 0.292. The fraction of sp³-hybridized carbons (Fsp3) is 0.250. The Kier molecular flexibility index (Phi) is 4.92. The molecule has 0 bridgehead atoms. The second-order valence-electron chi connectivity index (χ2n) is 5.76. The minimum absolute atomic E-state index is 0.0474. The number of pyridine rings is 1. The van der Waals surface area contributed by atoms with E-state index in [2.05, 4.69) is 25.6 Å². The van der Waals surface area contributed by atoms with Gasteiger partial charge in [0.15, 0.2) is 11.5 Å². The highest BCUT2D eigenvalue weighted by Gasteiger charge is 2.39. The van der Waals surface area contributed by atoms with E-state index in [0.717, 1.165) is 10.2 Å². The number of amides is 1. The van der Waals surface area contributed by atoms with Crippen LogP contribution < -0.4 is 5.32 Å². The van der Waals surface area contributed by atoms with E-state index in [-0.39, 0.29) is 11.5 Å². The number of carbonyl (C=O) groups excluding carboxylic acids is 1. The van der Waals surface area contributed by atoms with E-state index in [1.807, 2.05) is 0 Å². The Balaban J connectivity index is 1.78. The zero-order valence-corrected chi connectivity index (χ0v) is 14.9. The first-order valence-corrected chi connectivity index (χ1v) is 8.14. The number of alkyl halides is 3. The van der Waals surface area contributed by atoms with Crippen molar-refractivity contribution in [1.82, 2.24) is 25.0 Å². The lowest BCUT2D eigenvalue weighted by molar-refractivity contribution is -0.141. The lowest BCUT2D eigenvalue weighted by Gasteiger charge is -2.13. The number of nitrogens with one attached hydrogen (secondary N) is 2. The fourth-order valence-corrected chi connectivity index (χ4v) is 2.70. The first kappa shape index (κ1) is 18.9. The van der Waals surface area contributed by atoms with Crippen molar-refractivity contribution in [2.45, 2.75) is 26.1 Å². The quantitative estimate of drug-likeness (QED) is 0.698. The Bertz CT molecular complexity index is 966. The molecule has 11 heteroatoms. The molecule has 7 nitrogen and oxygen atoms in total. The molecule has 0 aliphatic heterocycles. The number of nitrogens with zero attached hydrogens (tertiary/aromatic N) is 4. The lowest BCUT2D eigenvalue weighted by atomic mass is 10.2. The maximum atomic E-state index is 12.9. The Morgan fingerprint density at radius 1 is 1.33 bits per heavy atom. The van der Waals surface area contributed by atoms with Crippen LogP contribution in [0.1, 0.15) is 24.4 Å². The molecule has 0 saturated carbocycles.